The number of methoxy groups -OCH3 is 2. The minimum Gasteiger partial charge on any atom is -0.493 e. The van der Waals surface area contributed by atoms with Crippen LogP contribution in [-0.2, 0) is 0 Å². The summed E-state index contributed by atoms with van der Waals surface area (Å²) in [5, 5.41) is 0. The van der Waals surface area contributed by atoms with Crippen LogP contribution in [0.1, 0.15) is 22.7 Å². The third-order valence-electron chi connectivity index (χ3n) is 3.48. The Bertz CT molecular complexity index is 661. The minimum atomic E-state index is -0.581. The molecule has 0 fully saturated rings. The van der Waals surface area contributed by atoms with E-state index >= 15 is 0 Å². The number of hydrogen-bond acceptors (Lipinski definition) is 3. The van der Waals surface area contributed by atoms with Gasteiger partial charge in [0.25, 0.3) is 0 Å². The van der Waals surface area contributed by atoms with Gasteiger partial charge in [-0.05, 0) is 30.2 Å². The molecule has 2 rings (SSSR count). The molecule has 2 aromatic rings. The van der Waals surface area contributed by atoms with Crippen LogP contribution >= 0.6 is 15.9 Å². The Morgan fingerprint density at radius 2 is 1.71 bits per heavy atom. The molecule has 0 bridgehead atoms. The van der Waals surface area contributed by atoms with Gasteiger partial charge in [-0.25, -0.2) is 4.39 Å². The molecule has 0 spiro atoms. The van der Waals surface area contributed by atoms with Gasteiger partial charge in [-0.2, -0.15) is 0 Å². The highest BCUT2D eigenvalue weighted by molar-refractivity contribution is 9.10. The summed E-state index contributed by atoms with van der Waals surface area (Å²) in [6, 6.07) is 7.99. The first-order chi connectivity index (χ1) is 9.99. The van der Waals surface area contributed by atoms with Gasteiger partial charge in [0.1, 0.15) is 5.82 Å². The summed E-state index contributed by atoms with van der Waals surface area (Å²) < 4.78 is 25.5. The Hall–Kier alpha value is -1.59. The highest BCUT2D eigenvalue weighted by Crippen LogP contribution is 2.35. The smallest absolute Gasteiger partial charge is 0.163 e. The van der Waals surface area contributed by atoms with Gasteiger partial charge >= 0.3 is 0 Å². The normalized spacial score (nSPS) is 12.1. The second kappa shape index (κ2) is 6.45. The maximum absolute atomic E-state index is 14.3. The van der Waals surface area contributed by atoms with Crippen molar-refractivity contribution in [3.05, 3.63) is 57.3 Å². The van der Waals surface area contributed by atoms with Crippen molar-refractivity contribution in [3.63, 3.8) is 0 Å². The highest BCUT2D eigenvalue weighted by Gasteiger charge is 2.19. The van der Waals surface area contributed by atoms with Gasteiger partial charge in [0.05, 0.1) is 20.3 Å². The molecule has 1 atom stereocenters. The molecule has 112 valence electrons. The van der Waals surface area contributed by atoms with E-state index in [1.54, 1.807) is 6.07 Å². The lowest BCUT2D eigenvalue weighted by atomic mass is 9.95. The average Bonchev–Trinajstić information content (AvgIpc) is 2.49. The zero-order valence-corrected chi connectivity index (χ0v) is 13.7. The molecular weight excluding hydrogens is 337 g/mol. The molecular formula is C16H17BrFNO2. The molecule has 2 N–H and O–H groups in total. The van der Waals surface area contributed by atoms with E-state index in [9.17, 15) is 4.39 Å². The Morgan fingerprint density at radius 1 is 1.10 bits per heavy atom. The molecule has 0 amide bonds. The lowest BCUT2D eigenvalue weighted by molar-refractivity contribution is 0.351. The summed E-state index contributed by atoms with van der Waals surface area (Å²) in [6.45, 7) is 1.94. The van der Waals surface area contributed by atoms with E-state index in [2.05, 4.69) is 15.9 Å². The number of rotatable bonds is 4. The Labute approximate surface area is 132 Å². The van der Waals surface area contributed by atoms with Crippen molar-refractivity contribution in [2.45, 2.75) is 13.0 Å². The monoisotopic (exact) mass is 353 g/mol. The molecule has 0 saturated carbocycles. The van der Waals surface area contributed by atoms with Gasteiger partial charge in [-0.3, -0.25) is 0 Å². The van der Waals surface area contributed by atoms with Crippen molar-refractivity contribution < 1.29 is 13.9 Å². The lowest BCUT2D eigenvalue weighted by Gasteiger charge is -2.18. The van der Waals surface area contributed by atoms with E-state index < -0.39 is 11.9 Å². The molecule has 2 aromatic carbocycles. The predicted octanol–water partition coefficient (Wildman–Crippen LogP) is 3.96. The number of ether oxygens (including phenoxy) is 2. The molecule has 0 radical (unpaired) electrons. The summed E-state index contributed by atoms with van der Waals surface area (Å²) in [4.78, 5) is 0. The summed E-state index contributed by atoms with van der Waals surface area (Å²) in [5.41, 5.74) is 8.46. The Kier molecular flexibility index (Phi) is 4.85. The summed E-state index contributed by atoms with van der Waals surface area (Å²) >= 11 is 3.46. The van der Waals surface area contributed by atoms with Crippen LogP contribution < -0.4 is 15.2 Å². The van der Waals surface area contributed by atoms with Crippen molar-refractivity contribution in [1.29, 1.82) is 0 Å². The molecule has 0 aliphatic carbocycles. The molecule has 0 aromatic heterocycles. The number of halogens is 2. The van der Waals surface area contributed by atoms with Crippen LogP contribution in [0.25, 0.3) is 0 Å². The van der Waals surface area contributed by atoms with E-state index in [0.29, 0.717) is 17.1 Å². The number of benzene rings is 2. The quantitative estimate of drug-likeness (QED) is 0.904. The zero-order valence-electron chi connectivity index (χ0n) is 12.1. The standard InChI is InChI=1S/C16H17BrFNO2/c1-9-10(5-4-6-12(9)17)16(19)11-7-14(20-2)15(21-3)8-13(11)18/h4-8,16H,19H2,1-3H3. The Balaban J connectivity index is 2.53. The van der Waals surface area contributed by atoms with Crippen LogP contribution in [0, 0.1) is 12.7 Å². The first kappa shape index (κ1) is 15.8. The average molecular weight is 354 g/mol. The van der Waals surface area contributed by atoms with Crippen molar-refractivity contribution in [2.24, 2.45) is 5.73 Å². The minimum absolute atomic E-state index is 0.344. The van der Waals surface area contributed by atoms with Gasteiger partial charge in [-0.15, -0.1) is 0 Å². The van der Waals surface area contributed by atoms with E-state index in [1.165, 1.54) is 20.3 Å². The van der Waals surface area contributed by atoms with E-state index in [4.69, 9.17) is 15.2 Å². The van der Waals surface area contributed by atoms with E-state index in [1.807, 2.05) is 25.1 Å². The summed E-state index contributed by atoms with van der Waals surface area (Å²) in [6.07, 6.45) is 0. The van der Waals surface area contributed by atoms with Crippen LogP contribution in [0.3, 0.4) is 0 Å². The van der Waals surface area contributed by atoms with Crippen LogP contribution in [0.15, 0.2) is 34.8 Å². The highest BCUT2D eigenvalue weighted by atomic mass is 79.9. The largest absolute Gasteiger partial charge is 0.493 e. The third-order valence-corrected chi connectivity index (χ3v) is 4.34. The molecule has 0 saturated heterocycles. The third kappa shape index (κ3) is 3.04. The molecule has 0 heterocycles. The van der Waals surface area contributed by atoms with E-state index in [0.717, 1.165) is 15.6 Å². The van der Waals surface area contributed by atoms with Crippen LogP contribution in [0.5, 0.6) is 11.5 Å². The number of nitrogens with two attached hydrogens (primary N) is 1. The van der Waals surface area contributed by atoms with E-state index in [-0.39, 0.29) is 0 Å². The topological polar surface area (TPSA) is 44.5 Å². The molecule has 1 unspecified atom stereocenters. The van der Waals surface area contributed by atoms with Gasteiger partial charge < -0.3 is 15.2 Å². The maximum atomic E-state index is 14.3. The first-order valence-electron chi connectivity index (χ1n) is 6.41. The van der Waals surface area contributed by atoms with Gasteiger partial charge in [0, 0.05) is 16.1 Å². The Morgan fingerprint density at radius 3 is 2.33 bits per heavy atom. The molecule has 0 aliphatic heterocycles. The lowest BCUT2D eigenvalue weighted by Crippen LogP contribution is -2.15. The zero-order chi connectivity index (χ0) is 15.6. The van der Waals surface area contributed by atoms with Gasteiger partial charge in [-0.1, -0.05) is 28.1 Å². The SMILES string of the molecule is COc1cc(F)c(C(N)c2cccc(Br)c2C)cc1OC. The second-order valence-electron chi connectivity index (χ2n) is 4.66. The van der Waals surface area contributed by atoms with Crippen molar-refractivity contribution in [1.82, 2.24) is 0 Å². The van der Waals surface area contributed by atoms with Gasteiger partial charge in [0.2, 0.25) is 0 Å². The van der Waals surface area contributed by atoms with Gasteiger partial charge in [0.15, 0.2) is 11.5 Å². The van der Waals surface area contributed by atoms with Crippen LogP contribution in [-0.4, -0.2) is 14.2 Å². The first-order valence-corrected chi connectivity index (χ1v) is 7.21. The summed E-state index contributed by atoms with van der Waals surface area (Å²) in [7, 11) is 2.98. The van der Waals surface area contributed by atoms with Crippen LogP contribution in [0.4, 0.5) is 4.39 Å². The second-order valence-corrected chi connectivity index (χ2v) is 5.51. The van der Waals surface area contributed by atoms with Crippen molar-refractivity contribution in [2.75, 3.05) is 14.2 Å². The fourth-order valence-corrected chi connectivity index (χ4v) is 2.62. The van der Waals surface area contributed by atoms with Crippen molar-refractivity contribution >= 4 is 15.9 Å². The van der Waals surface area contributed by atoms with Crippen LogP contribution in [0.2, 0.25) is 0 Å². The number of hydrogen-bond donors (Lipinski definition) is 1. The van der Waals surface area contributed by atoms with Crippen molar-refractivity contribution in [3.8, 4) is 11.5 Å². The molecule has 21 heavy (non-hydrogen) atoms. The molecule has 3 nitrogen and oxygen atoms in total. The predicted molar refractivity (Wildman–Crippen MR) is 84.4 cm³/mol. The molecule has 0 aliphatic rings. The molecule has 5 heteroatoms. The fourth-order valence-electron chi connectivity index (χ4n) is 2.24. The summed E-state index contributed by atoms with van der Waals surface area (Å²) in [5.74, 6) is 0.383. The maximum Gasteiger partial charge on any atom is 0.163 e. The fraction of sp³-hybridized carbons (Fsp3) is 0.250.